The van der Waals surface area contributed by atoms with E-state index in [0.717, 1.165) is 184 Å². The van der Waals surface area contributed by atoms with E-state index in [1.807, 2.05) is 0 Å². The Balaban J connectivity index is 0.646. The first kappa shape index (κ1) is 79.2. The van der Waals surface area contributed by atoms with Crippen LogP contribution in [0.2, 0.25) is 0 Å². The minimum absolute atomic E-state index is 0.869. The van der Waals surface area contributed by atoms with Crippen molar-refractivity contribution in [3.05, 3.63) is 510 Å². The maximum Gasteiger partial charge on any atom is 0.0709 e. The van der Waals surface area contributed by atoms with Crippen LogP contribution in [-0.4, -0.2) is 28.7 Å². The Labute approximate surface area is 782 Å². The number of hydrogen-bond acceptors (Lipinski definition) is 3. The SMILES string of the molecule is c1ccc(-c2ccc3c(c2)c2ccccc2n3-c2cccc(-c3cc(-c4ccccc4)c(-c4ccccc4-c4cc(-c5ccccc5-c5cnc(-c6cccc(-n7c8ccccc8c8cc(-c9ccccc9)ccc87)c6)cc5-c5ccccc5)cc(-c5ccccc5-c5cnc(-c6cccc(-n7c8ccccc8c8cc(-c9ccccc9)ccc87)c6)cc5-c5ccccc5)c4)cn3)c2)cc1. The summed E-state index contributed by atoms with van der Waals surface area (Å²) < 4.78 is 7.21. The maximum atomic E-state index is 5.55. The fourth-order valence-corrected chi connectivity index (χ4v) is 20.7. The Morgan fingerprint density at radius 3 is 0.630 bits per heavy atom. The normalized spacial score (nSPS) is 11.6. The van der Waals surface area contributed by atoms with Crippen molar-refractivity contribution in [2.24, 2.45) is 0 Å². The summed E-state index contributed by atoms with van der Waals surface area (Å²) in [5.41, 5.74) is 41.7. The average molecular weight is 1720 g/mol. The number of aromatic nitrogens is 6. The second-order valence-electron chi connectivity index (χ2n) is 34.9. The molecule has 0 saturated heterocycles. The van der Waals surface area contributed by atoms with Gasteiger partial charge in [-0.05, 0) is 244 Å². The molecule has 630 valence electrons. The summed E-state index contributed by atoms with van der Waals surface area (Å²) in [4.78, 5) is 16.7. The first-order chi connectivity index (χ1) is 66.9. The molecule has 0 radical (unpaired) electrons. The summed E-state index contributed by atoms with van der Waals surface area (Å²) in [6.45, 7) is 0. The lowest BCUT2D eigenvalue weighted by atomic mass is 9.84. The largest absolute Gasteiger partial charge is 0.309 e. The van der Waals surface area contributed by atoms with Gasteiger partial charge in [0.1, 0.15) is 0 Å². The van der Waals surface area contributed by atoms with Crippen molar-refractivity contribution in [3.8, 4) is 184 Å². The summed E-state index contributed by atoms with van der Waals surface area (Å²) in [6, 6.07) is 179. The fourth-order valence-electron chi connectivity index (χ4n) is 20.7. The molecule has 25 rings (SSSR count). The molecule has 19 aromatic carbocycles. The molecule has 0 bridgehead atoms. The van der Waals surface area contributed by atoms with Crippen LogP contribution in [0.5, 0.6) is 0 Å². The van der Waals surface area contributed by atoms with Gasteiger partial charge in [0.05, 0.1) is 50.2 Å². The van der Waals surface area contributed by atoms with E-state index >= 15 is 0 Å². The molecular weight excluding hydrogens is 1630 g/mol. The highest BCUT2D eigenvalue weighted by molar-refractivity contribution is 6.14. The van der Waals surface area contributed by atoms with Crippen LogP contribution in [0, 0.1) is 0 Å². The number of benzene rings is 19. The third-order valence-electron chi connectivity index (χ3n) is 27.0. The average Bonchev–Trinajstić information content (AvgIpc) is 1.66. The summed E-state index contributed by atoms with van der Waals surface area (Å²) in [7, 11) is 0. The van der Waals surface area contributed by atoms with Crippen molar-refractivity contribution in [3.63, 3.8) is 0 Å². The highest BCUT2D eigenvalue weighted by atomic mass is 15.0. The molecular formula is C129H84N6. The van der Waals surface area contributed by atoms with Crippen LogP contribution in [0.15, 0.2) is 510 Å². The van der Waals surface area contributed by atoms with E-state index in [1.54, 1.807) is 0 Å². The van der Waals surface area contributed by atoms with Gasteiger partial charge < -0.3 is 13.7 Å². The molecule has 135 heavy (non-hydrogen) atoms. The van der Waals surface area contributed by atoms with Crippen molar-refractivity contribution in [1.29, 1.82) is 0 Å². The molecule has 0 aliphatic rings. The Kier molecular flexibility index (Phi) is 19.9. The van der Waals surface area contributed by atoms with Crippen LogP contribution >= 0.6 is 0 Å². The molecule has 0 aliphatic heterocycles. The van der Waals surface area contributed by atoms with E-state index in [1.165, 1.54) is 65.7 Å². The van der Waals surface area contributed by atoms with Crippen LogP contribution in [-0.2, 0) is 0 Å². The molecule has 0 amide bonds. The van der Waals surface area contributed by atoms with Crippen LogP contribution in [0.4, 0.5) is 0 Å². The molecule has 6 heterocycles. The number of pyridine rings is 3. The van der Waals surface area contributed by atoms with Gasteiger partial charge in [-0.1, -0.05) is 364 Å². The zero-order valence-corrected chi connectivity index (χ0v) is 73.7. The quantitative estimate of drug-likeness (QED) is 0.0860. The molecule has 6 aromatic heterocycles. The minimum atomic E-state index is 0.869. The van der Waals surface area contributed by atoms with Gasteiger partial charge in [0.15, 0.2) is 0 Å². The smallest absolute Gasteiger partial charge is 0.0709 e. The first-order valence-corrected chi connectivity index (χ1v) is 46.1. The minimum Gasteiger partial charge on any atom is -0.309 e. The third-order valence-corrected chi connectivity index (χ3v) is 27.0. The Hall–Kier alpha value is -18.0. The van der Waals surface area contributed by atoms with Crippen molar-refractivity contribution in [1.82, 2.24) is 28.7 Å². The highest BCUT2D eigenvalue weighted by Crippen LogP contribution is 2.50. The van der Waals surface area contributed by atoms with Crippen molar-refractivity contribution >= 4 is 65.4 Å². The second-order valence-corrected chi connectivity index (χ2v) is 34.9. The lowest BCUT2D eigenvalue weighted by molar-refractivity contribution is 1.18. The van der Waals surface area contributed by atoms with Gasteiger partial charge in [0.25, 0.3) is 0 Å². The third kappa shape index (κ3) is 14.4. The first-order valence-electron chi connectivity index (χ1n) is 46.1. The molecule has 0 N–H and O–H groups in total. The molecule has 0 fully saturated rings. The zero-order chi connectivity index (χ0) is 89.2. The number of para-hydroxylation sites is 3. The van der Waals surface area contributed by atoms with Gasteiger partial charge in [0.2, 0.25) is 0 Å². The predicted molar refractivity (Wildman–Crippen MR) is 564 cm³/mol. The zero-order valence-electron chi connectivity index (χ0n) is 73.7. The van der Waals surface area contributed by atoms with E-state index in [0.29, 0.717) is 0 Å². The summed E-state index contributed by atoms with van der Waals surface area (Å²) in [5.74, 6) is 0. The molecule has 0 aliphatic carbocycles. The molecule has 0 unspecified atom stereocenters. The van der Waals surface area contributed by atoms with Crippen molar-refractivity contribution < 1.29 is 0 Å². The van der Waals surface area contributed by atoms with Crippen LogP contribution in [0.3, 0.4) is 0 Å². The van der Waals surface area contributed by atoms with Gasteiger partial charge in [-0.15, -0.1) is 0 Å². The molecule has 0 saturated carbocycles. The molecule has 6 nitrogen and oxygen atoms in total. The monoisotopic (exact) mass is 1720 g/mol. The summed E-state index contributed by atoms with van der Waals surface area (Å²) in [5, 5.41) is 7.23. The van der Waals surface area contributed by atoms with E-state index in [9.17, 15) is 0 Å². The van der Waals surface area contributed by atoms with Crippen LogP contribution in [0.1, 0.15) is 0 Å². The van der Waals surface area contributed by atoms with Gasteiger partial charge in [-0.3, -0.25) is 15.0 Å². The topological polar surface area (TPSA) is 53.5 Å². The van der Waals surface area contributed by atoms with E-state index in [4.69, 9.17) is 15.0 Å². The highest BCUT2D eigenvalue weighted by Gasteiger charge is 2.26. The van der Waals surface area contributed by atoms with Crippen LogP contribution in [0.25, 0.3) is 250 Å². The van der Waals surface area contributed by atoms with Gasteiger partial charge in [-0.2, -0.15) is 0 Å². The van der Waals surface area contributed by atoms with Crippen molar-refractivity contribution in [2.45, 2.75) is 0 Å². The second kappa shape index (κ2) is 33.8. The number of fused-ring (bicyclic) bond motifs is 9. The molecule has 6 heteroatoms. The molecule has 25 aromatic rings. The van der Waals surface area contributed by atoms with E-state index in [2.05, 4.69) is 524 Å². The maximum absolute atomic E-state index is 5.55. The summed E-state index contributed by atoms with van der Waals surface area (Å²) in [6.07, 6.45) is 6.33. The standard InChI is InChI=1S/C129H84N6/c1-7-34-85(35-8-1)91-64-67-127-115(76-91)109-58-25-28-61-124(109)133(127)100-49-31-46-94(73-100)121-79-112(88-40-13-4-14-41-88)118(82-130-121)106-55-22-19-52-103(106)97-70-98(104-53-20-23-56-107(104)119-83-131-122(80-113(119)89-42-15-5-16-43-89)95-47-32-50-101(74-95)134-125-62-29-26-59-110(125)116-77-92(65-68-128(116)134)86-36-9-2-10-37-86)72-99(71-97)105-54-21-24-57-108(105)120-84-132-123(81-114(120)90-44-17-6-18-45-90)96-48-33-51-102(75-96)135-126-63-30-27-60-111(126)117-78-93(66-69-129(117)135)87-38-11-3-12-39-87/h1-84H. The van der Waals surface area contributed by atoms with Gasteiger partial charge in [-0.25, -0.2) is 0 Å². The van der Waals surface area contributed by atoms with Crippen molar-refractivity contribution in [2.75, 3.05) is 0 Å². The van der Waals surface area contributed by atoms with E-state index < -0.39 is 0 Å². The predicted octanol–water partition coefficient (Wildman–Crippen LogP) is 34.2. The lowest BCUT2D eigenvalue weighted by Gasteiger charge is -2.20. The Morgan fingerprint density at radius 1 is 0.119 bits per heavy atom. The lowest BCUT2D eigenvalue weighted by Crippen LogP contribution is -1.97. The van der Waals surface area contributed by atoms with Crippen LogP contribution < -0.4 is 0 Å². The number of nitrogens with zero attached hydrogens (tertiary/aromatic N) is 6. The fraction of sp³-hybridized carbons (Fsp3) is 0. The molecule has 0 atom stereocenters. The summed E-state index contributed by atoms with van der Waals surface area (Å²) >= 11 is 0. The Bertz CT molecular complexity index is 8060. The van der Waals surface area contributed by atoms with Gasteiger partial charge >= 0.3 is 0 Å². The van der Waals surface area contributed by atoms with Gasteiger partial charge in [0, 0.05) is 101 Å². The number of rotatable bonds is 18. The molecule has 0 spiro atoms. The van der Waals surface area contributed by atoms with E-state index in [-0.39, 0.29) is 0 Å². The number of hydrogen-bond donors (Lipinski definition) is 0. The Morgan fingerprint density at radius 2 is 0.348 bits per heavy atom.